The van der Waals surface area contributed by atoms with Crippen molar-refractivity contribution < 1.29 is 4.79 Å². The molecule has 6 rings (SSSR count). The lowest BCUT2D eigenvalue weighted by Crippen LogP contribution is -2.61. The number of hydrogen-bond acceptors (Lipinski definition) is 7. The molecule has 2 saturated carbocycles. The molecule has 3 aliphatic heterocycles. The Morgan fingerprint density at radius 2 is 2.06 bits per heavy atom. The Morgan fingerprint density at radius 1 is 1.26 bits per heavy atom. The quantitative estimate of drug-likeness (QED) is 0.568. The topological polar surface area (TPSA) is 116 Å². The van der Waals surface area contributed by atoms with Crippen LogP contribution in [0.15, 0.2) is 34.7 Å². The SMILES string of the molecule is CC1(c2cnn(CC3(CN)CC(N4CCN(C(=O)NC5CCC5)CC4)C3)c2)N=CN=C2NC=CC21. The smallest absolute Gasteiger partial charge is 0.317 e. The van der Waals surface area contributed by atoms with E-state index in [-0.39, 0.29) is 17.4 Å². The largest absolute Gasteiger partial charge is 0.350 e. The molecule has 5 aliphatic rings. The van der Waals surface area contributed by atoms with Crippen molar-refractivity contribution in [3.63, 3.8) is 0 Å². The number of hydrogen-bond donors (Lipinski definition) is 3. The van der Waals surface area contributed by atoms with Crippen LogP contribution in [-0.2, 0) is 12.1 Å². The summed E-state index contributed by atoms with van der Waals surface area (Å²) >= 11 is 0. The van der Waals surface area contributed by atoms with E-state index in [1.54, 1.807) is 6.34 Å². The van der Waals surface area contributed by atoms with Crippen molar-refractivity contribution in [2.45, 2.75) is 63.2 Å². The summed E-state index contributed by atoms with van der Waals surface area (Å²) in [5, 5.41) is 11.1. The van der Waals surface area contributed by atoms with Crippen LogP contribution in [0, 0.1) is 11.3 Å². The van der Waals surface area contributed by atoms with E-state index >= 15 is 0 Å². The summed E-state index contributed by atoms with van der Waals surface area (Å²) in [7, 11) is 0. The molecule has 2 atom stereocenters. The second kappa shape index (κ2) is 8.74. The normalized spacial score (nSPS) is 34.6. The lowest BCUT2D eigenvalue weighted by molar-refractivity contribution is -0.0233. The number of piperazine rings is 1. The van der Waals surface area contributed by atoms with Crippen LogP contribution in [0.4, 0.5) is 4.79 Å². The molecule has 0 bridgehead atoms. The van der Waals surface area contributed by atoms with Crippen molar-refractivity contribution >= 4 is 18.2 Å². The molecule has 2 unspecified atom stereocenters. The van der Waals surface area contributed by atoms with Crippen LogP contribution in [0.3, 0.4) is 0 Å². The summed E-state index contributed by atoms with van der Waals surface area (Å²) in [6.45, 7) is 7.13. The van der Waals surface area contributed by atoms with Crippen molar-refractivity contribution in [2.75, 3.05) is 32.7 Å². The van der Waals surface area contributed by atoms with Gasteiger partial charge in [-0.1, -0.05) is 6.08 Å². The Kier molecular flexibility index (Phi) is 5.68. The maximum atomic E-state index is 12.5. The van der Waals surface area contributed by atoms with Gasteiger partial charge in [0.25, 0.3) is 0 Å². The average Bonchev–Trinajstić information content (AvgIpc) is 3.49. The molecule has 1 aromatic rings. The number of urea groups is 1. The molecule has 0 spiro atoms. The minimum atomic E-state index is -0.405. The number of amides is 2. The van der Waals surface area contributed by atoms with Crippen molar-refractivity contribution in [1.82, 2.24) is 30.2 Å². The number of amidine groups is 1. The monoisotopic (exact) mass is 479 g/mol. The number of nitrogens with one attached hydrogen (secondary N) is 2. The van der Waals surface area contributed by atoms with Gasteiger partial charge in [0, 0.05) is 62.0 Å². The van der Waals surface area contributed by atoms with Crippen LogP contribution < -0.4 is 16.4 Å². The van der Waals surface area contributed by atoms with Gasteiger partial charge >= 0.3 is 6.03 Å². The molecule has 1 saturated heterocycles. The summed E-state index contributed by atoms with van der Waals surface area (Å²) in [6.07, 6.45) is 15.5. The summed E-state index contributed by atoms with van der Waals surface area (Å²) in [5.74, 6) is 1.05. The summed E-state index contributed by atoms with van der Waals surface area (Å²) in [4.78, 5) is 26.1. The molecule has 4 heterocycles. The van der Waals surface area contributed by atoms with E-state index in [2.05, 4.69) is 44.4 Å². The second-order valence-corrected chi connectivity index (χ2v) is 11.2. The fourth-order valence-electron chi connectivity index (χ4n) is 6.25. The van der Waals surface area contributed by atoms with Gasteiger partial charge in [-0.25, -0.2) is 9.79 Å². The fraction of sp³-hybridized carbons (Fsp3) is 0.680. The first kappa shape index (κ1) is 22.7. The van der Waals surface area contributed by atoms with E-state index in [1.807, 2.05) is 17.3 Å². The van der Waals surface area contributed by atoms with Crippen molar-refractivity contribution in [2.24, 2.45) is 27.1 Å². The van der Waals surface area contributed by atoms with Gasteiger partial charge in [-0.2, -0.15) is 5.10 Å². The highest BCUT2D eigenvalue weighted by atomic mass is 16.2. The maximum Gasteiger partial charge on any atom is 0.317 e. The molecule has 4 N–H and O–H groups in total. The Labute approximate surface area is 206 Å². The Hall–Kier alpha value is -2.72. The minimum absolute atomic E-state index is 0.0743. The number of carbonyl (C=O) groups excluding carboxylic acids is 1. The van der Waals surface area contributed by atoms with Crippen LogP contribution in [0.1, 0.15) is 44.6 Å². The van der Waals surface area contributed by atoms with Crippen LogP contribution in [0.25, 0.3) is 0 Å². The van der Waals surface area contributed by atoms with E-state index in [1.165, 1.54) is 6.42 Å². The predicted octanol–water partition coefficient (Wildman–Crippen LogP) is 1.26. The van der Waals surface area contributed by atoms with E-state index in [0.29, 0.717) is 18.6 Å². The molecule has 10 nitrogen and oxygen atoms in total. The number of nitrogens with two attached hydrogens (primary N) is 1. The van der Waals surface area contributed by atoms with Crippen molar-refractivity contribution in [1.29, 1.82) is 0 Å². The predicted molar refractivity (Wildman–Crippen MR) is 135 cm³/mol. The van der Waals surface area contributed by atoms with Crippen molar-refractivity contribution in [3.8, 4) is 0 Å². The molecule has 10 heteroatoms. The zero-order valence-electron chi connectivity index (χ0n) is 20.6. The highest BCUT2D eigenvalue weighted by Crippen LogP contribution is 2.45. The first-order valence-electron chi connectivity index (χ1n) is 13.1. The first-order chi connectivity index (χ1) is 17.0. The molecule has 0 aromatic carbocycles. The number of aromatic nitrogens is 2. The molecule has 2 aliphatic carbocycles. The highest BCUT2D eigenvalue weighted by Gasteiger charge is 2.47. The number of rotatable bonds is 6. The second-order valence-electron chi connectivity index (χ2n) is 11.2. The van der Waals surface area contributed by atoms with Gasteiger partial charge in [0.15, 0.2) is 0 Å². The highest BCUT2D eigenvalue weighted by molar-refractivity contribution is 5.97. The molecule has 35 heavy (non-hydrogen) atoms. The van der Waals surface area contributed by atoms with Gasteiger partial charge in [0.05, 0.1) is 12.1 Å². The number of aliphatic imine (C=N–C) groups is 2. The van der Waals surface area contributed by atoms with E-state index in [0.717, 1.165) is 69.8 Å². The Bertz CT molecular complexity index is 1040. The number of nitrogens with zero attached hydrogens (tertiary/aromatic N) is 6. The molecule has 188 valence electrons. The van der Waals surface area contributed by atoms with Crippen molar-refractivity contribution in [3.05, 3.63) is 30.2 Å². The van der Waals surface area contributed by atoms with Gasteiger partial charge in [-0.05, 0) is 51.8 Å². The van der Waals surface area contributed by atoms with E-state index in [9.17, 15) is 4.79 Å². The van der Waals surface area contributed by atoms with Crippen LogP contribution >= 0.6 is 0 Å². The third-order valence-corrected chi connectivity index (χ3v) is 8.98. The third-order valence-electron chi connectivity index (χ3n) is 8.98. The van der Waals surface area contributed by atoms with Gasteiger partial charge in [0.2, 0.25) is 0 Å². The van der Waals surface area contributed by atoms with Gasteiger partial charge in [-0.3, -0.25) is 14.6 Å². The van der Waals surface area contributed by atoms with E-state index < -0.39 is 5.54 Å². The fourth-order valence-corrected chi connectivity index (χ4v) is 6.25. The summed E-state index contributed by atoms with van der Waals surface area (Å²) < 4.78 is 2.05. The zero-order chi connectivity index (χ0) is 24.0. The Morgan fingerprint density at radius 3 is 2.77 bits per heavy atom. The molecule has 2 amide bonds. The van der Waals surface area contributed by atoms with Crippen LogP contribution in [0.5, 0.6) is 0 Å². The summed E-state index contributed by atoms with van der Waals surface area (Å²) in [5.41, 5.74) is 7.07. The van der Waals surface area contributed by atoms with Gasteiger partial charge < -0.3 is 21.3 Å². The third kappa shape index (κ3) is 4.06. The maximum absolute atomic E-state index is 12.5. The standard InChI is InChI=1S/C25H37N9O/c1-24(21-5-6-27-22(21)28-17-29-24)18-13-30-34(14-18)16-25(15-26)11-20(12-25)32-7-9-33(10-8-32)23(35)31-19-3-2-4-19/h5-6,13-14,17,19-21H,2-4,7-12,15-16,26H2,1H3,(H,31,35)(H,27,28,29). The van der Waals surface area contributed by atoms with Crippen LogP contribution in [-0.4, -0.2) is 82.6 Å². The lowest BCUT2D eigenvalue weighted by Gasteiger charge is -2.53. The van der Waals surface area contributed by atoms with Gasteiger partial charge in [0.1, 0.15) is 17.7 Å². The molecule has 1 aromatic heterocycles. The molecule has 0 radical (unpaired) electrons. The molecule has 3 fully saturated rings. The molecular weight excluding hydrogens is 442 g/mol. The summed E-state index contributed by atoms with van der Waals surface area (Å²) in [6, 6.07) is 1.06. The Balaban J connectivity index is 1.03. The van der Waals surface area contributed by atoms with Gasteiger partial charge in [-0.15, -0.1) is 0 Å². The van der Waals surface area contributed by atoms with Crippen LogP contribution in [0.2, 0.25) is 0 Å². The van der Waals surface area contributed by atoms with E-state index in [4.69, 9.17) is 15.8 Å². The zero-order valence-corrected chi connectivity index (χ0v) is 20.6. The first-order valence-corrected chi connectivity index (χ1v) is 13.1. The number of carbonyl (C=O) groups is 1. The number of fused-ring (bicyclic) bond motifs is 1. The minimum Gasteiger partial charge on any atom is -0.350 e. The lowest BCUT2D eigenvalue weighted by atomic mass is 9.64. The molecular formula is C25H37N9O. The average molecular weight is 480 g/mol.